The van der Waals surface area contributed by atoms with Crippen LogP contribution >= 0.6 is 0 Å². The van der Waals surface area contributed by atoms with Crippen LogP contribution in [-0.2, 0) is 9.53 Å². The molecule has 0 saturated heterocycles. The molecule has 2 unspecified atom stereocenters. The quantitative estimate of drug-likeness (QED) is 0.477. The molecule has 9 heavy (non-hydrogen) atoms. The van der Waals surface area contributed by atoms with E-state index in [2.05, 4.69) is 0 Å². The molecule has 0 radical (unpaired) electrons. The molecule has 2 atom stereocenters. The Morgan fingerprint density at radius 2 is 2.22 bits per heavy atom. The summed E-state index contributed by atoms with van der Waals surface area (Å²) in [4.78, 5) is 10.8. The minimum absolute atomic E-state index is 0.0556. The molecule has 54 valence electrons. The average Bonchev–Trinajstić information content (AvgIpc) is 1.87. The molecule has 0 spiro atoms. The molecule has 0 rings (SSSR count). The number of hydrogen-bond donors (Lipinski definition) is 0. The molecular weight excluding hydrogens is 179 g/mol. The molecule has 0 aliphatic heterocycles. The minimum atomic E-state index is -0.0556. The van der Waals surface area contributed by atoms with E-state index < -0.39 is 0 Å². The molecule has 0 aliphatic rings. The Morgan fingerprint density at radius 3 is 2.56 bits per heavy atom. The van der Waals surface area contributed by atoms with E-state index >= 15 is 0 Å². The van der Waals surface area contributed by atoms with Crippen molar-refractivity contribution in [2.45, 2.75) is 25.0 Å². The van der Waals surface area contributed by atoms with E-state index in [9.17, 15) is 4.79 Å². The van der Waals surface area contributed by atoms with E-state index in [1.54, 1.807) is 0 Å². The van der Waals surface area contributed by atoms with Gasteiger partial charge in [-0.1, -0.05) is 0 Å². The predicted octanol–water partition coefficient (Wildman–Crippen LogP) is 0.381. The molecule has 0 amide bonds. The zero-order chi connectivity index (χ0) is 7.28. The van der Waals surface area contributed by atoms with Crippen LogP contribution in [0.4, 0.5) is 0 Å². The van der Waals surface area contributed by atoms with Gasteiger partial charge in [0.05, 0.1) is 0 Å². The third-order valence-electron chi connectivity index (χ3n) is 1.03. The van der Waals surface area contributed by atoms with Gasteiger partial charge in [-0.2, -0.15) is 0 Å². The zero-order valence-corrected chi connectivity index (χ0v) is 8.31. The molecule has 2 nitrogen and oxygen atoms in total. The molecule has 0 saturated carbocycles. The van der Waals surface area contributed by atoms with Crippen LogP contribution in [0.5, 0.6) is 0 Å². The number of hydrogen-bond acceptors (Lipinski definition) is 2. The molecular formula is C6H13AsO2. The van der Waals surface area contributed by atoms with Gasteiger partial charge in [-0.15, -0.1) is 0 Å². The first kappa shape index (κ1) is 9.03. The van der Waals surface area contributed by atoms with E-state index in [-0.39, 0.29) is 10.7 Å². The average molecular weight is 192 g/mol. The molecule has 0 aliphatic carbocycles. The van der Waals surface area contributed by atoms with Crippen molar-refractivity contribution in [1.29, 1.82) is 0 Å². The van der Waals surface area contributed by atoms with Gasteiger partial charge in [-0.05, 0) is 0 Å². The Hall–Kier alpha value is 0.0284. The summed E-state index contributed by atoms with van der Waals surface area (Å²) in [6.45, 7) is 4.32. The monoisotopic (exact) mass is 192 g/mol. The van der Waals surface area contributed by atoms with E-state index in [0.717, 1.165) is 6.42 Å². The second-order valence-electron chi connectivity index (χ2n) is 1.77. The predicted molar refractivity (Wildman–Crippen MR) is 39.2 cm³/mol. The van der Waals surface area contributed by atoms with Crippen LogP contribution in [0.1, 0.15) is 20.3 Å². The summed E-state index contributed by atoms with van der Waals surface area (Å²) in [7, 11) is 0. The van der Waals surface area contributed by atoms with Crippen LogP contribution in [-0.4, -0.2) is 29.4 Å². The van der Waals surface area contributed by atoms with Gasteiger partial charge in [0.2, 0.25) is 0 Å². The Kier molecular flexibility index (Phi) is 4.88. The first-order chi connectivity index (χ1) is 4.22. The molecule has 0 aromatic carbocycles. The van der Waals surface area contributed by atoms with Gasteiger partial charge >= 0.3 is 63.9 Å². The van der Waals surface area contributed by atoms with Crippen molar-refractivity contribution >= 4 is 22.8 Å². The number of ether oxygens (including phenoxy) is 1. The van der Waals surface area contributed by atoms with Crippen LogP contribution in [0.15, 0.2) is 0 Å². The third kappa shape index (κ3) is 3.58. The topological polar surface area (TPSA) is 26.3 Å². The molecule has 0 fully saturated rings. The Morgan fingerprint density at radius 1 is 1.67 bits per heavy atom. The van der Waals surface area contributed by atoms with E-state index in [4.69, 9.17) is 4.74 Å². The van der Waals surface area contributed by atoms with Gasteiger partial charge in [0, 0.05) is 0 Å². The summed E-state index contributed by atoms with van der Waals surface area (Å²) < 4.78 is 4.89. The second-order valence-corrected chi connectivity index (χ2v) is 3.46. The van der Waals surface area contributed by atoms with Crippen molar-refractivity contribution in [2.75, 3.05) is 6.61 Å². The Labute approximate surface area is 64.5 Å². The molecule has 0 heterocycles. The van der Waals surface area contributed by atoms with Gasteiger partial charge in [0.25, 0.3) is 0 Å². The molecule has 0 aromatic rings. The number of esters is 1. The van der Waals surface area contributed by atoms with E-state index in [0.29, 0.717) is 6.61 Å². The standard InChI is InChI=1S/C6H13AsO2/c1-3-5(7)6(8)9-4-2/h5H,3-4,7H2,1-2H3. The SMILES string of the molecule is CCOC(=O)C([AsH2])CC. The first-order valence-electron chi connectivity index (χ1n) is 3.14. The Bertz CT molecular complexity index is 93.1. The van der Waals surface area contributed by atoms with Crippen LogP contribution in [0, 0.1) is 0 Å². The van der Waals surface area contributed by atoms with Gasteiger partial charge in [0.1, 0.15) is 0 Å². The molecule has 0 bridgehead atoms. The van der Waals surface area contributed by atoms with Crippen molar-refractivity contribution < 1.29 is 9.53 Å². The second kappa shape index (κ2) is 4.87. The Balaban J connectivity index is 3.46. The van der Waals surface area contributed by atoms with Gasteiger partial charge in [0.15, 0.2) is 0 Å². The normalized spacial score (nSPS) is 12.8. The van der Waals surface area contributed by atoms with Gasteiger partial charge < -0.3 is 0 Å². The van der Waals surface area contributed by atoms with Crippen molar-refractivity contribution in [3.63, 3.8) is 0 Å². The van der Waals surface area contributed by atoms with E-state index in [1.165, 1.54) is 16.9 Å². The number of carbonyl (C=O) groups is 1. The van der Waals surface area contributed by atoms with Crippen molar-refractivity contribution in [2.24, 2.45) is 0 Å². The summed E-state index contributed by atoms with van der Waals surface area (Å²) in [5, 5.41) is 0. The van der Waals surface area contributed by atoms with Crippen LogP contribution in [0.25, 0.3) is 0 Å². The number of carbonyl (C=O) groups excluding carboxylic acids is 1. The zero-order valence-electron chi connectivity index (χ0n) is 5.89. The van der Waals surface area contributed by atoms with Gasteiger partial charge in [-0.3, -0.25) is 0 Å². The van der Waals surface area contributed by atoms with Crippen molar-refractivity contribution in [1.82, 2.24) is 0 Å². The molecule has 0 N–H and O–H groups in total. The maximum atomic E-state index is 10.8. The summed E-state index contributed by atoms with van der Waals surface area (Å²) >= 11 is 1.44. The third-order valence-corrected chi connectivity index (χ3v) is 2.59. The maximum absolute atomic E-state index is 10.8. The van der Waals surface area contributed by atoms with Crippen molar-refractivity contribution in [3.05, 3.63) is 0 Å². The fourth-order valence-corrected chi connectivity index (χ4v) is 0.618. The van der Waals surface area contributed by atoms with E-state index in [1.807, 2.05) is 13.8 Å². The summed E-state index contributed by atoms with van der Waals surface area (Å²) in [5.74, 6) is -0.0556. The number of rotatable bonds is 3. The fraction of sp³-hybridized carbons (Fsp3) is 0.833. The fourth-order valence-electron chi connectivity index (χ4n) is 0.416. The summed E-state index contributed by atoms with van der Waals surface area (Å²) in [6.07, 6.45) is 0.888. The van der Waals surface area contributed by atoms with Gasteiger partial charge in [-0.25, -0.2) is 0 Å². The summed E-state index contributed by atoms with van der Waals surface area (Å²) in [5.41, 5.74) is 0. The summed E-state index contributed by atoms with van der Waals surface area (Å²) in [6, 6.07) is 0. The van der Waals surface area contributed by atoms with Crippen LogP contribution in [0.2, 0.25) is 4.71 Å². The first-order valence-corrected chi connectivity index (χ1v) is 4.54. The molecule has 3 heteroatoms. The van der Waals surface area contributed by atoms with Crippen LogP contribution < -0.4 is 0 Å². The molecule has 0 aromatic heterocycles. The van der Waals surface area contributed by atoms with Crippen molar-refractivity contribution in [3.8, 4) is 0 Å². The van der Waals surface area contributed by atoms with Crippen LogP contribution in [0.3, 0.4) is 0 Å².